The molecule has 0 atom stereocenters. The normalized spacial score (nSPS) is 14.3. The van der Waals surface area contributed by atoms with Gasteiger partial charge >= 0.3 is 12.4 Å². The van der Waals surface area contributed by atoms with Crippen LogP contribution in [0.4, 0.5) is 54.8 Å². The van der Waals surface area contributed by atoms with Crippen LogP contribution in [0.2, 0.25) is 0 Å². The Morgan fingerprint density at radius 1 is 0.366 bits per heavy atom. The van der Waals surface area contributed by atoms with E-state index in [9.17, 15) is 48.5 Å². The Labute approximate surface area is 596 Å². The first-order chi connectivity index (χ1) is 48.1. The van der Waals surface area contributed by atoms with Crippen LogP contribution in [0.3, 0.4) is 0 Å². The first kappa shape index (κ1) is 67.2. The molecule has 20 nitrogen and oxygen atoms in total. The van der Waals surface area contributed by atoms with Gasteiger partial charge < -0.3 is 14.4 Å². The lowest BCUT2D eigenvalue weighted by molar-refractivity contribution is -0.385. The molecule has 10 aromatic rings. The number of nitrogens with zero attached hydrogens (tertiary/aromatic N) is 5. The maximum atomic E-state index is 15.4. The zero-order valence-corrected chi connectivity index (χ0v) is 56.6. The highest BCUT2D eigenvalue weighted by Crippen LogP contribution is 2.57. The number of carbonyl (C=O) groups is 8. The summed E-state index contributed by atoms with van der Waals surface area (Å²) in [6, 6.07) is 39.5. The van der Waals surface area contributed by atoms with E-state index < -0.39 is 81.1 Å². The van der Waals surface area contributed by atoms with Gasteiger partial charge in [-0.15, -0.1) is 0 Å². The second-order valence-electron chi connectivity index (χ2n) is 22.7. The predicted octanol–water partition coefficient (Wildman–Crippen LogP) is 17.4. The fraction of sp³-hybridized carbons (Fsp3) is 0.0423. The Bertz CT molecular complexity index is 5290. The molecule has 0 aliphatic carbocycles. The Kier molecular flexibility index (Phi) is 16.6. The molecule has 0 radical (unpaired) electrons. The molecule has 4 heterocycles. The van der Waals surface area contributed by atoms with E-state index in [4.69, 9.17) is 20.3 Å². The fourth-order valence-corrected chi connectivity index (χ4v) is 15.6. The fourth-order valence-electron chi connectivity index (χ4n) is 12.6. The Balaban J connectivity index is 0.646. The first-order valence-electron chi connectivity index (χ1n) is 29.3. The zero-order valence-electron chi connectivity index (χ0n) is 50.3. The van der Waals surface area contributed by atoms with Crippen molar-refractivity contribution < 1.29 is 89.0 Å². The number of imide groups is 4. The van der Waals surface area contributed by atoms with Gasteiger partial charge in [-0.3, -0.25) is 48.5 Å². The molecule has 502 valence electrons. The van der Waals surface area contributed by atoms with E-state index in [0.717, 1.165) is 56.0 Å². The van der Waals surface area contributed by atoms with Crippen LogP contribution in [0, 0.1) is 10.1 Å². The van der Waals surface area contributed by atoms with Crippen molar-refractivity contribution in [3.05, 3.63) is 278 Å². The maximum absolute atomic E-state index is 15.4. The summed E-state index contributed by atoms with van der Waals surface area (Å²) < 4.78 is 105. The van der Waals surface area contributed by atoms with Crippen LogP contribution in [-0.4, -0.2) is 64.5 Å². The number of nitrogens with two attached hydrogens (primary N) is 1. The number of hydrogen-bond acceptors (Lipinski definition) is 15. The van der Waals surface area contributed by atoms with Crippen molar-refractivity contribution in [1.82, 2.24) is 0 Å². The minimum absolute atomic E-state index is 0.000271. The molecule has 0 fully saturated rings. The van der Waals surface area contributed by atoms with Crippen LogP contribution in [-0.2, 0) is 10.4 Å². The van der Waals surface area contributed by atoms with Gasteiger partial charge in [0.2, 0.25) is 5.41 Å². The summed E-state index contributed by atoms with van der Waals surface area (Å²) in [6.45, 7) is 0. The van der Waals surface area contributed by atoms with Crippen molar-refractivity contribution in [2.45, 2.75) is 17.8 Å². The van der Waals surface area contributed by atoms with E-state index >= 15 is 26.3 Å². The average Bonchev–Trinajstić information content (AvgIpc) is 1.64. The van der Waals surface area contributed by atoms with Crippen molar-refractivity contribution in [3.63, 3.8) is 0 Å². The van der Waals surface area contributed by atoms with E-state index in [1.165, 1.54) is 121 Å². The molecular weight excluding hydrogens is 1590 g/mol. The van der Waals surface area contributed by atoms with Crippen LogP contribution in [0.5, 0.6) is 28.7 Å². The van der Waals surface area contributed by atoms with Crippen LogP contribution < -0.4 is 39.9 Å². The molecule has 10 aromatic carbocycles. The highest BCUT2D eigenvalue weighted by molar-refractivity contribution is 9.11. The molecule has 4 aliphatic rings. The monoisotopic (exact) mass is 1620 g/mol. The molecule has 4 aliphatic heterocycles. The van der Waals surface area contributed by atoms with Gasteiger partial charge in [0.1, 0.15) is 23.0 Å². The molecule has 0 saturated heterocycles. The van der Waals surface area contributed by atoms with Crippen molar-refractivity contribution in [2.75, 3.05) is 19.6 Å². The molecule has 8 amide bonds. The number of anilines is 4. The molecule has 0 unspecified atom stereocenters. The van der Waals surface area contributed by atoms with Crippen molar-refractivity contribution >= 4 is 139 Å². The van der Waals surface area contributed by atoms with Gasteiger partial charge in [-0.1, -0.05) is 65.7 Å². The van der Waals surface area contributed by atoms with Crippen LogP contribution in [0.1, 0.15) is 94.0 Å². The predicted molar refractivity (Wildman–Crippen MR) is 363 cm³/mol. The number of benzene rings is 10. The highest BCUT2D eigenvalue weighted by Gasteiger charge is 2.72. The number of amides is 8. The Hall–Kier alpha value is -11.0. The van der Waals surface area contributed by atoms with Crippen LogP contribution in [0.15, 0.2) is 212 Å². The third-order valence-electron chi connectivity index (χ3n) is 17.1. The highest BCUT2D eigenvalue weighted by atomic mass is 79.9. The number of nitro groups is 1. The second-order valence-corrected chi connectivity index (χ2v) is 26.1. The number of nitro benzene ring substituents is 1. The molecule has 0 bridgehead atoms. The number of rotatable bonds is 15. The van der Waals surface area contributed by atoms with E-state index in [1.807, 2.05) is 0 Å². The molecule has 0 aromatic heterocycles. The quantitative estimate of drug-likeness (QED) is 0.0329. The van der Waals surface area contributed by atoms with Gasteiger partial charge in [-0.25, -0.2) is 19.6 Å². The Morgan fingerprint density at radius 2 is 0.693 bits per heavy atom. The van der Waals surface area contributed by atoms with Crippen molar-refractivity contribution in [3.8, 4) is 51.0 Å². The minimum Gasteiger partial charge on any atom is -0.457 e. The molecule has 0 spiro atoms. The number of fused-ring (bicyclic) bond motifs is 4. The topological polar surface area (TPSA) is 256 Å². The number of ether oxygens (including phenoxy) is 2. The van der Waals surface area contributed by atoms with Crippen LogP contribution >= 0.6 is 63.7 Å². The van der Waals surface area contributed by atoms with Gasteiger partial charge in [0.15, 0.2) is 5.75 Å². The third kappa shape index (κ3) is 10.9. The molecule has 0 saturated carbocycles. The number of non-ortho nitro benzene ring substituents is 1. The lowest BCUT2D eigenvalue weighted by Crippen LogP contribution is -2.54. The maximum Gasteiger partial charge on any atom is 0.411 e. The van der Waals surface area contributed by atoms with E-state index in [2.05, 4.69) is 68.7 Å². The third-order valence-corrected chi connectivity index (χ3v) is 19.5. The summed E-state index contributed by atoms with van der Waals surface area (Å²) in [5.74, 6) is -1.04. The summed E-state index contributed by atoms with van der Waals surface area (Å²) in [6.07, 6.45) is -12.0. The van der Waals surface area contributed by atoms with Gasteiger partial charge in [-0.2, -0.15) is 32.2 Å². The summed E-state index contributed by atoms with van der Waals surface area (Å²) in [7, 11) is 0. The molecule has 2 N–H and O–H groups in total. The van der Waals surface area contributed by atoms with Gasteiger partial charge in [0.05, 0.1) is 72.2 Å². The molecule has 30 heteroatoms. The minimum atomic E-state index is -5.99. The summed E-state index contributed by atoms with van der Waals surface area (Å²) in [5.41, 5.74) is -6.01. The van der Waals surface area contributed by atoms with Crippen molar-refractivity contribution in [1.29, 1.82) is 0 Å². The van der Waals surface area contributed by atoms with E-state index in [-0.39, 0.29) is 136 Å². The second kappa shape index (κ2) is 25.0. The van der Waals surface area contributed by atoms with E-state index in [1.54, 1.807) is 12.1 Å². The number of alkyl halides is 6. The van der Waals surface area contributed by atoms with Gasteiger partial charge in [0, 0.05) is 42.2 Å². The summed E-state index contributed by atoms with van der Waals surface area (Å²) >= 11 is 13.2. The molecule has 101 heavy (non-hydrogen) atoms. The average molecular weight is 1630 g/mol. The molecule has 14 rings (SSSR count). The van der Waals surface area contributed by atoms with Gasteiger partial charge in [-0.05, 0) is 206 Å². The number of halogens is 10. The van der Waals surface area contributed by atoms with E-state index in [0.29, 0.717) is 29.8 Å². The first-order valence-corrected chi connectivity index (χ1v) is 32.4. The summed E-state index contributed by atoms with van der Waals surface area (Å²) in [5, 5.41) is 11.5. The Morgan fingerprint density at radius 3 is 1.10 bits per heavy atom. The zero-order chi connectivity index (χ0) is 71.6. The standard InChI is InChI=1S/C71H34Br4F6N6O14/c72-53-29-39(87(96)97)30-54(73)59(53)85-62(89)48-26-8-34(28-52(48)66(85)93)45-3-1-5-49-57(45)67(94)84(63(49)90)38-15-23-43(24-16-38)99-41-19-11-36(12-20-41)69(70(76,77)78,71(79,80)81)35-9-17-40(18-10-35)98-42-21-13-37(14-22-42)83-61(88)47-25-7-33(27-51(47)65(83)92)46-4-2-6-50-58(46)68(95)86(64(50)91)60-55(74)31-44(100-101-82)32-56(60)75/h1-32H,82H2. The van der Waals surface area contributed by atoms with Crippen molar-refractivity contribution in [2.24, 2.45) is 5.90 Å². The lowest BCUT2D eigenvalue weighted by Gasteiger charge is -2.38. The number of hydrogen-bond donors (Lipinski definition) is 1. The number of carbonyl (C=O) groups excluding carboxylic acids is 8. The summed E-state index contributed by atoms with van der Waals surface area (Å²) in [4.78, 5) is 135. The van der Waals surface area contributed by atoms with Crippen LogP contribution in [0.25, 0.3) is 22.3 Å². The van der Waals surface area contributed by atoms with Gasteiger partial charge in [0.25, 0.3) is 52.9 Å². The smallest absolute Gasteiger partial charge is 0.411 e. The lowest BCUT2D eigenvalue weighted by atomic mass is 9.73. The largest absolute Gasteiger partial charge is 0.457 e. The molecular formula is C71H34Br4F6N6O14. The SMILES string of the molecule is NOOc1cc(Br)c(N2C(=O)c3cccc(-c4ccc5c(c4)C(=O)N(c4ccc(Oc6ccc(C(c7ccc(Oc8ccc(N9C(=O)c%10cccc(-c%11ccc%12c(c%11)C(=O)N(c%11c(Br)cc([N+](=O)[O-])cc%11Br)C%12=O)c%10C9=O)cc8)cc7)(C(F)(F)F)C(F)(F)F)cc6)cc4)C5=O)c3C2=O)c(Br)c1.